The van der Waals surface area contributed by atoms with E-state index in [-0.39, 0.29) is 30.1 Å². The Kier molecular flexibility index (Phi) is 3.52. The second-order valence-electron chi connectivity index (χ2n) is 5.86. The van der Waals surface area contributed by atoms with E-state index in [2.05, 4.69) is 5.32 Å². The minimum absolute atomic E-state index is 0.0365. The third-order valence-corrected chi connectivity index (χ3v) is 4.49. The van der Waals surface area contributed by atoms with Gasteiger partial charge in [-0.25, -0.2) is 0 Å². The van der Waals surface area contributed by atoms with Gasteiger partial charge in [0.1, 0.15) is 12.6 Å². The highest BCUT2D eigenvalue weighted by Crippen LogP contribution is 2.30. The molecule has 1 atom stereocenters. The van der Waals surface area contributed by atoms with Crippen LogP contribution in [0.25, 0.3) is 0 Å². The molecule has 110 valence electrons. The summed E-state index contributed by atoms with van der Waals surface area (Å²) in [7, 11) is 1.82. The maximum Gasteiger partial charge on any atom is 0.248 e. The number of likely N-dealkylation sites (tertiary alicyclic amines) is 1. The summed E-state index contributed by atoms with van der Waals surface area (Å²) in [6.07, 6.45) is 5.51. The van der Waals surface area contributed by atoms with E-state index in [0.717, 1.165) is 19.4 Å². The smallest absolute Gasteiger partial charge is 0.248 e. The molecule has 1 unspecified atom stereocenters. The second-order valence-corrected chi connectivity index (χ2v) is 5.86. The van der Waals surface area contributed by atoms with Crippen molar-refractivity contribution in [1.82, 2.24) is 15.1 Å². The van der Waals surface area contributed by atoms with Gasteiger partial charge < -0.3 is 14.5 Å². The first-order chi connectivity index (χ1) is 9.60. The molecule has 3 heterocycles. The normalized spacial score (nSPS) is 29.2. The summed E-state index contributed by atoms with van der Waals surface area (Å²) in [5.74, 6) is 0.184. The molecule has 0 aromatic rings. The van der Waals surface area contributed by atoms with Gasteiger partial charge in [-0.15, -0.1) is 0 Å². The number of rotatable bonds is 1. The van der Waals surface area contributed by atoms with Gasteiger partial charge in [0, 0.05) is 33.2 Å². The Labute approximate surface area is 118 Å². The van der Waals surface area contributed by atoms with Crippen LogP contribution in [0.3, 0.4) is 0 Å². The van der Waals surface area contributed by atoms with E-state index in [0.29, 0.717) is 19.6 Å². The second kappa shape index (κ2) is 5.18. The van der Waals surface area contributed by atoms with Crippen LogP contribution in [0.1, 0.15) is 12.8 Å². The maximum absolute atomic E-state index is 12.3. The lowest BCUT2D eigenvalue weighted by atomic mass is 9.89. The van der Waals surface area contributed by atoms with Crippen molar-refractivity contribution in [2.45, 2.75) is 24.5 Å². The molecule has 3 aliphatic rings. The summed E-state index contributed by atoms with van der Waals surface area (Å²) >= 11 is 0. The Balaban J connectivity index is 1.58. The molecule has 0 radical (unpaired) electrons. The van der Waals surface area contributed by atoms with Crippen molar-refractivity contribution < 1.29 is 14.3 Å². The minimum Gasteiger partial charge on any atom is -0.363 e. The molecule has 0 aromatic carbocycles. The zero-order valence-electron chi connectivity index (χ0n) is 11.8. The predicted molar refractivity (Wildman–Crippen MR) is 73.1 cm³/mol. The van der Waals surface area contributed by atoms with Crippen LogP contribution in [-0.4, -0.2) is 73.1 Å². The first-order valence-electron chi connectivity index (χ1n) is 7.16. The SMILES string of the molecule is CN1CC2(CCN(C(=O)C3C=CCN3)CC2)OCC1=O. The van der Waals surface area contributed by atoms with E-state index >= 15 is 0 Å². The Morgan fingerprint density at radius 2 is 2.20 bits per heavy atom. The minimum atomic E-state index is -0.252. The maximum atomic E-state index is 12.3. The molecule has 1 N–H and O–H groups in total. The van der Waals surface area contributed by atoms with Crippen LogP contribution in [0.15, 0.2) is 12.2 Å². The first-order valence-corrected chi connectivity index (χ1v) is 7.16. The van der Waals surface area contributed by atoms with Gasteiger partial charge in [-0.1, -0.05) is 12.2 Å². The number of piperidine rings is 1. The van der Waals surface area contributed by atoms with Crippen molar-refractivity contribution in [3.05, 3.63) is 12.2 Å². The summed E-state index contributed by atoms with van der Waals surface area (Å²) in [5.41, 5.74) is -0.252. The predicted octanol–water partition coefficient (Wildman–Crippen LogP) is -0.636. The van der Waals surface area contributed by atoms with Crippen LogP contribution in [0, 0.1) is 0 Å². The number of amides is 2. The van der Waals surface area contributed by atoms with Gasteiger partial charge in [-0.2, -0.15) is 0 Å². The van der Waals surface area contributed by atoms with Gasteiger partial charge in [0.25, 0.3) is 0 Å². The number of likely N-dealkylation sites (N-methyl/N-ethyl adjacent to an activating group) is 1. The number of hydrogen-bond donors (Lipinski definition) is 1. The Bertz CT molecular complexity index is 441. The molecule has 6 heteroatoms. The lowest BCUT2D eigenvalue weighted by molar-refractivity contribution is -0.171. The number of morpholine rings is 1. The van der Waals surface area contributed by atoms with Crippen LogP contribution >= 0.6 is 0 Å². The van der Waals surface area contributed by atoms with Crippen LogP contribution in [0.2, 0.25) is 0 Å². The van der Waals surface area contributed by atoms with E-state index in [1.165, 1.54) is 0 Å². The molecule has 6 nitrogen and oxygen atoms in total. The molecule has 0 aliphatic carbocycles. The van der Waals surface area contributed by atoms with E-state index in [9.17, 15) is 9.59 Å². The Morgan fingerprint density at radius 1 is 1.45 bits per heavy atom. The fraction of sp³-hybridized carbons (Fsp3) is 0.714. The van der Waals surface area contributed by atoms with Crippen LogP contribution < -0.4 is 5.32 Å². The van der Waals surface area contributed by atoms with Crippen LogP contribution in [0.4, 0.5) is 0 Å². The lowest BCUT2D eigenvalue weighted by Crippen LogP contribution is -2.59. The summed E-state index contributed by atoms with van der Waals surface area (Å²) in [4.78, 5) is 27.4. The third kappa shape index (κ3) is 2.45. The van der Waals surface area contributed by atoms with E-state index in [4.69, 9.17) is 4.74 Å². The number of hydrogen-bond acceptors (Lipinski definition) is 4. The highest BCUT2D eigenvalue weighted by molar-refractivity contribution is 5.84. The molecule has 0 bridgehead atoms. The first kappa shape index (κ1) is 13.6. The number of nitrogens with one attached hydrogen (secondary N) is 1. The van der Waals surface area contributed by atoms with Crippen molar-refractivity contribution in [1.29, 1.82) is 0 Å². The van der Waals surface area contributed by atoms with E-state index in [1.54, 1.807) is 4.90 Å². The van der Waals surface area contributed by atoms with Gasteiger partial charge in [-0.05, 0) is 12.8 Å². The van der Waals surface area contributed by atoms with Gasteiger partial charge >= 0.3 is 0 Å². The molecule has 20 heavy (non-hydrogen) atoms. The highest BCUT2D eigenvalue weighted by atomic mass is 16.5. The summed E-state index contributed by atoms with van der Waals surface area (Å²) < 4.78 is 5.78. The number of nitrogens with zero attached hydrogens (tertiary/aromatic N) is 2. The monoisotopic (exact) mass is 279 g/mol. The van der Waals surface area contributed by atoms with Crippen LogP contribution in [0.5, 0.6) is 0 Å². The molecule has 1 spiro atoms. The van der Waals surface area contributed by atoms with Gasteiger partial charge in [0.05, 0.1) is 5.60 Å². The third-order valence-electron chi connectivity index (χ3n) is 4.49. The topological polar surface area (TPSA) is 61.9 Å². The van der Waals surface area contributed by atoms with E-state index < -0.39 is 0 Å². The summed E-state index contributed by atoms with van der Waals surface area (Å²) in [6.45, 7) is 2.97. The molecule has 2 amide bonds. The zero-order valence-corrected chi connectivity index (χ0v) is 11.8. The lowest BCUT2D eigenvalue weighted by Gasteiger charge is -2.46. The molecule has 3 aliphatic heterocycles. The largest absolute Gasteiger partial charge is 0.363 e. The fourth-order valence-corrected chi connectivity index (χ4v) is 3.16. The molecule has 3 rings (SSSR count). The molecular formula is C14H21N3O3. The van der Waals surface area contributed by atoms with Gasteiger partial charge in [0.2, 0.25) is 11.8 Å². The Hall–Kier alpha value is -1.40. The average Bonchev–Trinajstić information content (AvgIpc) is 2.98. The average molecular weight is 279 g/mol. The number of ether oxygens (including phenoxy) is 1. The van der Waals surface area contributed by atoms with Crippen molar-refractivity contribution in [2.75, 3.05) is 39.8 Å². The molecule has 2 saturated heterocycles. The molecule has 0 saturated carbocycles. The molecule has 0 aromatic heterocycles. The number of carbonyl (C=O) groups is 2. The molecular weight excluding hydrogens is 258 g/mol. The highest BCUT2D eigenvalue weighted by Gasteiger charge is 2.42. The van der Waals surface area contributed by atoms with Crippen molar-refractivity contribution in [3.63, 3.8) is 0 Å². The van der Waals surface area contributed by atoms with Gasteiger partial charge in [-0.3, -0.25) is 14.9 Å². The zero-order chi connectivity index (χ0) is 14.2. The van der Waals surface area contributed by atoms with Crippen LogP contribution in [-0.2, 0) is 14.3 Å². The standard InChI is InChI=1S/C14H21N3O3/c1-16-10-14(20-9-12(16)18)4-7-17(8-5-14)13(19)11-3-2-6-15-11/h2-3,11,15H,4-10H2,1H3. The van der Waals surface area contributed by atoms with Crippen molar-refractivity contribution >= 4 is 11.8 Å². The molecule has 2 fully saturated rings. The van der Waals surface area contributed by atoms with Crippen molar-refractivity contribution in [3.8, 4) is 0 Å². The summed E-state index contributed by atoms with van der Waals surface area (Å²) in [6, 6.07) is -0.166. The van der Waals surface area contributed by atoms with Crippen molar-refractivity contribution in [2.24, 2.45) is 0 Å². The fourth-order valence-electron chi connectivity index (χ4n) is 3.16. The Morgan fingerprint density at radius 3 is 2.80 bits per heavy atom. The van der Waals surface area contributed by atoms with Gasteiger partial charge in [0.15, 0.2) is 0 Å². The quantitative estimate of drug-likeness (QED) is 0.649. The summed E-state index contributed by atoms with van der Waals surface area (Å²) in [5, 5.41) is 3.15. The van der Waals surface area contributed by atoms with E-state index in [1.807, 2.05) is 24.1 Å². The number of carbonyl (C=O) groups excluding carboxylic acids is 2.